The van der Waals surface area contributed by atoms with Crippen molar-refractivity contribution in [3.05, 3.63) is 35.9 Å². The SMILES string of the molecule is N#CCC(c1ccccc1)S(=O)(=O)C1CCCCC1. The summed E-state index contributed by atoms with van der Waals surface area (Å²) in [5, 5.41) is 8.02. The zero-order chi connectivity index (χ0) is 13.7. The molecule has 1 aliphatic rings. The fraction of sp³-hybridized carbons (Fsp3) is 0.533. The summed E-state index contributed by atoms with van der Waals surface area (Å²) >= 11 is 0. The number of sulfone groups is 1. The van der Waals surface area contributed by atoms with Crippen molar-refractivity contribution in [3.8, 4) is 6.07 Å². The van der Waals surface area contributed by atoms with Gasteiger partial charge < -0.3 is 0 Å². The molecular weight excluding hydrogens is 258 g/mol. The van der Waals surface area contributed by atoms with Gasteiger partial charge in [-0.25, -0.2) is 8.42 Å². The molecule has 19 heavy (non-hydrogen) atoms. The molecule has 1 aliphatic carbocycles. The molecule has 4 heteroatoms. The Kier molecular flexibility index (Phi) is 4.60. The minimum atomic E-state index is -3.26. The van der Waals surface area contributed by atoms with E-state index in [9.17, 15) is 8.42 Å². The van der Waals surface area contributed by atoms with E-state index in [2.05, 4.69) is 0 Å². The molecule has 0 spiro atoms. The molecular formula is C15H19NO2S. The normalized spacial score (nSPS) is 18.7. The lowest BCUT2D eigenvalue weighted by molar-refractivity contribution is 0.478. The summed E-state index contributed by atoms with van der Waals surface area (Å²) in [7, 11) is -3.26. The van der Waals surface area contributed by atoms with Crippen LogP contribution in [0.15, 0.2) is 30.3 Å². The van der Waals surface area contributed by atoms with Crippen molar-refractivity contribution < 1.29 is 8.42 Å². The zero-order valence-corrected chi connectivity index (χ0v) is 11.8. The standard InChI is InChI=1S/C15H19NO2S/c16-12-11-15(13-7-3-1-4-8-13)19(17,18)14-9-5-2-6-10-14/h1,3-4,7-8,14-15H,2,5-6,9-11H2. The largest absolute Gasteiger partial charge is 0.228 e. The lowest BCUT2D eigenvalue weighted by Gasteiger charge is -2.26. The molecule has 0 amide bonds. The summed E-state index contributed by atoms with van der Waals surface area (Å²) in [6.07, 6.45) is 4.63. The van der Waals surface area contributed by atoms with Crippen molar-refractivity contribution in [2.24, 2.45) is 0 Å². The van der Waals surface area contributed by atoms with E-state index in [1.54, 1.807) is 0 Å². The van der Waals surface area contributed by atoms with Gasteiger partial charge in [-0.05, 0) is 18.4 Å². The fourth-order valence-electron chi connectivity index (χ4n) is 2.80. The van der Waals surface area contributed by atoms with Gasteiger partial charge >= 0.3 is 0 Å². The molecule has 0 radical (unpaired) electrons. The van der Waals surface area contributed by atoms with Crippen molar-refractivity contribution in [1.29, 1.82) is 5.26 Å². The Bertz CT molecular complexity index is 539. The van der Waals surface area contributed by atoms with Gasteiger partial charge in [0.05, 0.1) is 23.0 Å². The molecule has 1 saturated carbocycles. The number of rotatable bonds is 4. The first-order valence-corrected chi connectivity index (χ1v) is 8.42. The molecule has 0 heterocycles. The van der Waals surface area contributed by atoms with Crippen LogP contribution in [0.2, 0.25) is 0 Å². The number of benzene rings is 1. The summed E-state index contributed by atoms with van der Waals surface area (Å²) in [4.78, 5) is 0. The van der Waals surface area contributed by atoms with Crippen molar-refractivity contribution >= 4 is 9.84 Å². The molecule has 1 unspecified atom stereocenters. The summed E-state index contributed by atoms with van der Waals surface area (Å²) in [6.45, 7) is 0. The van der Waals surface area contributed by atoms with Gasteiger partial charge in [0.1, 0.15) is 0 Å². The maximum absolute atomic E-state index is 12.7. The molecule has 1 aromatic carbocycles. The van der Waals surface area contributed by atoms with Crippen LogP contribution in [-0.4, -0.2) is 13.7 Å². The lowest BCUT2D eigenvalue weighted by Crippen LogP contribution is -2.29. The molecule has 0 N–H and O–H groups in total. The second-order valence-electron chi connectivity index (χ2n) is 5.11. The van der Waals surface area contributed by atoms with Crippen LogP contribution in [0.4, 0.5) is 0 Å². The lowest BCUT2D eigenvalue weighted by atomic mass is 10.0. The predicted octanol–water partition coefficient (Wildman–Crippen LogP) is 3.39. The number of nitriles is 1. The van der Waals surface area contributed by atoms with Gasteiger partial charge in [-0.15, -0.1) is 0 Å². The van der Waals surface area contributed by atoms with E-state index >= 15 is 0 Å². The Morgan fingerprint density at radius 1 is 1.16 bits per heavy atom. The maximum Gasteiger partial charge on any atom is 0.161 e. The van der Waals surface area contributed by atoms with Gasteiger partial charge in [0.15, 0.2) is 9.84 Å². The Balaban J connectivity index is 2.30. The number of hydrogen-bond acceptors (Lipinski definition) is 3. The van der Waals surface area contributed by atoms with Crippen LogP contribution in [0, 0.1) is 11.3 Å². The van der Waals surface area contributed by atoms with Crippen LogP contribution in [-0.2, 0) is 9.84 Å². The van der Waals surface area contributed by atoms with Gasteiger partial charge in [-0.1, -0.05) is 49.6 Å². The number of hydrogen-bond donors (Lipinski definition) is 0. The van der Waals surface area contributed by atoms with E-state index < -0.39 is 15.1 Å². The third kappa shape index (κ3) is 3.16. The average Bonchev–Trinajstić information content (AvgIpc) is 2.46. The minimum Gasteiger partial charge on any atom is -0.228 e. The van der Waals surface area contributed by atoms with Crippen LogP contribution in [0.5, 0.6) is 0 Å². The van der Waals surface area contributed by atoms with E-state index in [0.717, 1.165) is 37.7 Å². The van der Waals surface area contributed by atoms with Crippen molar-refractivity contribution in [3.63, 3.8) is 0 Å². The molecule has 102 valence electrons. The molecule has 0 bridgehead atoms. The van der Waals surface area contributed by atoms with Crippen LogP contribution in [0.1, 0.15) is 49.3 Å². The predicted molar refractivity (Wildman–Crippen MR) is 75.2 cm³/mol. The fourth-order valence-corrected chi connectivity index (χ4v) is 5.10. The van der Waals surface area contributed by atoms with Crippen LogP contribution in [0.3, 0.4) is 0 Å². The monoisotopic (exact) mass is 277 g/mol. The summed E-state index contributed by atoms with van der Waals surface area (Å²) in [6, 6.07) is 11.2. The van der Waals surface area contributed by atoms with Crippen molar-refractivity contribution in [1.82, 2.24) is 0 Å². The number of nitrogens with zero attached hydrogens (tertiary/aromatic N) is 1. The summed E-state index contributed by atoms with van der Waals surface area (Å²) in [5.41, 5.74) is 0.745. The van der Waals surface area contributed by atoms with Crippen LogP contribution >= 0.6 is 0 Å². The Morgan fingerprint density at radius 2 is 1.79 bits per heavy atom. The Hall–Kier alpha value is -1.34. The third-order valence-corrected chi connectivity index (χ3v) is 6.49. The zero-order valence-electron chi connectivity index (χ0n) is 11.0. The molecule has 1 fully saturated rings. The summed E-state index contributed by atoms with van der Waals surface area (Å²) in [5.74, 6) is 0. The van der Waals surface area contributed by atoms with Gasteiger partial charge in [0.25, 0.3) is 0 Å². The van der Waals surface area contributed by atoms with E-state index in [1.807, 2.05) is 36.4 Å². The quantitative estimate of drug-likeness (QED) is 0.847. The Labute approximate surface area is 115 Å². The maximum atomic E-state index is 12.7. The van der Waals surface area contributed by atoms with Crippen LogP contribution in [0.25, 0.3) is 0 Å². The molecule has 0 aliphatic heterocycles. The second kappa shape index (κ2) is 6.21. The average molecular weight is 277 g/mol. The molecule has 2 rings (SSSR count). The van der Waals surface area contributed by atoms with Crippen molar-refractivity contribution in [2.45, 2.75) is 49.0 Å². The molecule has 1 aromatic rings. The first-order valence-electron chi connectivity index (χ1n) is 6.81. The first-order chi connectivity index (χ1) is 9.16. The molecule has 3 nitrogen and oxygen atoms in total. The van der Waals surface area contributed by atoms with Gasteiger partial charge in [-0.3, -0.25) is 0 Å². The molecule has 0 aromatic heterocycles. The van der Waals surface area contributed by atoms with E-state index in [4.69, 9.17) is 5.26 Å². The van der Waals surface area contributed by atoms with E-state index in [0.29, 0.717) is 0 Å². The second-order valence-corrected chi connectivity index (χ2v) is 7.52. The van der Waals surface area contributed by atoms with E-state index in [1.165, 1.54) is 0 Å². The minimum absolute atomic E-state index is 0.0445. The highest BCUT2D eigenvalue weighted by atomic mass is 32.2. The van der Waals surface area contributed by atoms with Gasteiger partial charge in [0.2, 0.25) is 0 Å². The highest BCUT2D eigenvalue weighted by Crippen LogP contribution is 2.34. The topological polar surface area (TPSA) is 57.9 Å². The molecule has 1 atom stereocenters. The van der Waals surface area contributed by atoms with Crippen molar-refractivity contribution in [2.75, 3.05) is 0 Å². The van der Waals surface area contributed by atoms with E-state index in [-0.39, 0.29) is 11.7 Å². The first kappa shape index (κ1) is 14.1. The van der Waals surface area contributed by atoms with Crippen LogP contribution < -0.4 is 0 Å². The van der Waals surface area contributed by atoms with Gasteiger partial charge in [0, 0.05) is 0 Å². The smallest absolute Gasteiger partial charge is 0.161 e. The summed E-state index contributed by atoms with van der Waals surface area (Å²) < 4.78 is 25.5. The third-order valence-electron chi connectivity index (χ3n) is 3.86. The Morgan fingerprint density at radius 3 is 2.37 bits per heavy atom. The highest BCUT2D eigenvalue weighted by molar-refractivity contribution is 7.92. The highest BCUT2D eigenvalue weighted by Gasteiger charge is 2.35. The van der Waals surface area contributed by atoms with Gasteiger partial charge in [-0.2, -0.15) is 5.26 Å². The molecule has 0 saturated heterocycles.